The number of nitrogens with one attached hydrogen (secondary N) is 1. The van der Waals surface area contributed by atoms with Gasteiger partial charge < -0.3 is 24.9 Å². The molecule has 0 aliphatic heterocycles. The smallest absolute Gasteiger partial charge is 0.342 e. The molecule has 4 N–H and O–H groups in total. The Kier molecular flexibility index (Phi) is 7.00. The number of ether oxygens (including phenoxy) is 1. The highest BCUT2D eigenvalue weighted by Gasteiger charge is 2.38. The van der Waals surface area contributed by atoms with Gasteiger partial charge in [0, 0.05) is 5.39 Å². The number of hydrogen-bond acceptors (Lipinski definition) is 5. The van der Waals surface area contributed by atoms with Crippen molar-refractivity contribution in [3.63, 3.8) is 0 Å². The molecule has 0 radical (unpaired) electrons. The van der Waals surface area contributed by atoms with E-state index in [-0.39, 0.29) is 17.0 Å². The van der Waals surface area contributed by atoms with Crippen LogP contribution in [-0.2, 0) is 14.2 Å². The summed E-state index contributed by atoms with van der Waals surface area (Å²) in [5.41, 5.74) is -1.43. The van der Waals surface area contributed by atoms with Crippen molar-refractivity contribution in [2.75, 3.05) is 11.9 Å². The minimum absolute atomic E-state index is 0.144. The van der Waals surface area contributed by atoms with Crippen LogP contribution in [0, 0.1) is 0 Å². The van der Waals surface area contributed by atoms with Gasteiger partial charge in [0.25, 0.3) is 0 Å². The van der Waals surface area contributed by atoms with Gasteiger partial charge in [0.05, 0.1) is 5.69 Å². The summed E-state index contributed by atoms with van der Waals surface area (Å²) >= 11 is 0. The van der Waals surface area contributed by atoms with Crippen LogP contribution in [-0.4, -0.2) is 39.3 Å². The predicted octanol–water partition coefficient (Wildman–Crippen LogP) is 4.18. The van der Waals surface area contributed by atoms with Crippen molar-refractivity contribution in [3.8, 4) is 5.75 Å². The van der Waals surface area contributed by atoms with Crippen LogP contribution in [0.25, 0.3) is 21.5 Å². The van der Waals surface area contributed by atoms with Gasteiger partial charge in [0.2, 0.25) is 5.91 Å². The number of aliphatic hydroxyl groups excluding tert-OH is 1. The third-order valence-electron chi connectivity index (χ3n) is 5.66. The fourth-order valence-electron chi connectivity index (χ4n) is 3.93. The molecule has 4 rings (SSSR count). The zero-order valence-electron chi connectivity index (χ0n) is 18.8. The summed E-state index contributed by atoms with van der Waals surface area (Å²) < 4.78 is 18.2. The summed E-state index contributed by atoms with van der Waals surface area (Å²) in [5.74, 6) is -1.32. The third kappa shape index (κ3) is 5.26. The zero-order chi connectivity index (χ0) is 25.2. The van der Waals surface area contributed by atoms with E-state index < -0.39 is 37.7 Å². The van der Waals surface area contributed by atoms with Gasteiger partial charge in [-0.3, -0.25) is 14.2 Å². The maximum atomic E-state index is 13.4. The quantitative estimate of drug-likeness (QED) is 0.271. The van der Waals surface area contributed by atoms with E-state index in [4.69, 9.17) is 4.74 Å². The van der Waals surface area contributed by atoms with Gasteiger partial charge in [0.1, 0.15) is 12.7 Å². The van der Waals surface area contributed by atoms with Crippen LogP contribution in [0.15, 0.2) is 78.9 Å². The topological polar surface area (TPSA) is 133 Å². The molecule has 4 aromatic carbocycles. The lowest BCUT2D eigenvalue weighted by Crippen LogP contribution is -2.25. The zero-order valence-corrected chi connectivity index (χ0v) is 19.7. The number of aliphatic hydroxyl groups is 1. The molecular weight excluding hydrogens is 469 g/mol. The summed E-state index contributed by atoms with van der Waals surface area (Å²) in [6.07, 6.45) is -1.23. The Bertz CT molecular complexity index is 1460. The maximum absolute atomic E-state index is 13.4. The van der Waals surface area contributed by atoms with Crippen LogP contribution in [0.4, 0.5) is 5.69 Å². The summed E-state index contributed by atoms with van der Waals surface area (Å²) in [6.45, 7) is 0.881. The number of carbonyl (C=O) groups excluding carboxylic acids is 2. The largest absolute Gasteiger partial charge is 0.483 e. The molecule has 0 saturated carbocycles. The molecule has 2 unspecified atom stereocenters. The molecule has 2 atom stereocenters. The minimum Gasteiger partial charge on any atom is -0.483 e. The molecule has 9 heteroatoms. The van der Waals surface area contributed by atoms with Gasteiger partial charge >= 0.3 is 7.60 Å². The van der Waals surface area contributed by atoms with Crippen molar-refractivity contribution in [2.24, 2.45) is 0 Å². The monoisotopic (exact) mass is 493 g/mol. The van der Waals surface area contributed by atoms with E-state index >= 15 is 0 Å². The average molecular weight is 493 g/mol. The first-order valence-electron chi connectivity index (χ1n) is 10.9. The number of anilines is 1. The molecule has 0 heterocycles. The summed E-state index contributed by atoms with van der Waals surface area (Å²) in [7, 11) is -4.94. The predicted molar refractivity (Wildman–Crippen MR) is 133 cm³/mol. The van der Waals surface area contributed by atoms with E-state index in [1.807, 2.05) is 12.1 Å². The number of ketones is 1. The summed E-state index contributed by atoms with van der Waals surface area (Å²) in [6, 6.07) is 22.4. The molecule has 0 aliphatic carbocycles. The molecule has 180 valence electrons. The number of fused-ring (bicyclic) bond motifs is 2. The third-order valence-corrected chi connectivity index (χ3v) is 6.85. The number of amides is 1. The molecule has 0 aromatic heterocycles. The molecule has 0 spiro atoms. The second-order valence-corrected chi connectivity index (χ2v) is 9.84. The van der Waals surface area contributed by atoms with E-state index in [1.54, 1.807) is 60.7 Å². The Morgan fingerprint density at radius 3 is 2.14 bits per heavy atom. The Balaban J connectivity index is 1.76. The van der Waals surface area contributed by atoms with Crippen LogP contribution >= 0.6 is 7.60 Å². The SMILES string of the molecule is CC(O)C(=O)COc1c(NC(=O)C(c2cccc3ccccc23)P(=O)(O)O)ccc2ccccc12. The van der Waals surface area contributed by atoms with E-state index in [1.165, 1.54) is 13.0 Å². The molecule has 0 aliphatic rings. The highest BCUT2D eigenvalue weighted by molar-refractivity contribution is 7.53. The van der Waals surface area contributed by atoms with Gasteiger partial charge in [-0.15, -0.1) is 0 Å². The number of hydrogen-bond donors (Lipinski definition) is 4. The fraction of sp³-hybridized carbons (Fsp3) is 0.154. The Morgan fingerprint density at radius 1 is 0.886 bits per heavy atom. The van der Waals surface area contributed by atoms with Crippen LogP contribution in [0.5, 0.6) is 5.75 Å². The second kappa shape index (κ2) is 9.98. The molecular formula is C26H24NO7P. The minimum atomic E-state index is -4.94. The first-order valence-corrected chi connectivity index (χ1v) is 12.5. The molecule has 4 aromatic rings. The van der Waals surface area contributed by atoms with Gasteiger partial charge in [-0.1, -0.05) is 72.8 Å². The standard InChI is InChI=1S/C26H24NO7P/c1-16(28)23(29)15-34-24-20-11-5-3-8-18(20)13-14-22(24)27-26(30)25(35(31,32)33)21-12-6-9-17-7-2-4-10-19(17)21/h2-14,16,25,28H,15H2,1H3,(H,27,30)(H2,31,32,33). The Morgan fingerprint density at radius 2 is 1.49 bits per heavy atom. The van der Waals surface area contributed by atoms with Crippen molar-refractivity contribution in [3.05, 3.63) is 84.4 Å². The van der Waals surface area contributed by atoms with Crippen molar-refractivity contribution in [1.82, 2.24) is 0 Å². The van der Waals surface area contributed by atoms with Crippen molar-refractivity contribution < 1.29 is 33.8 Å². The number of Topliss-reactive ketones (excluding diaryl/α,β-unsaturated/α-hetero) is 1. The van der Waals surface area contributed by atoms with E-state index in [0.29, 0.717) is 10.8 Å². The van der Waals surface area contributed by atoms with Crippen molar-refractivity contribution in [1.29, 1.82) is 0 Å². The van der Waals surface area contributed by atoms with Crippen molar-refractivity contribution >= 4 is 46.5 Å². The van der Waals surface area contributed by atoms with Gasteiger partial charge in [0.15, 0.2) is 17.2 Å². The first kappa shape index (κ1) is 24.6. The summed E-state index contributed by atoms with van der Waals surface area (Å²) in [4.78, 5) is 45.7. The highest BCUT2D eigenvalue weighted by Crippen LogP contribution is 2.54. The van der Waals surface area contributed by atoms with Crippen molar-refractivity contribution in [2.45, 2.75) is 18.7 Å². The lowest BCUT2D eigenvalue weighted by Gasteiger charge is -2.21. The van der Waals surface area contributed by atoms with Crippen LogP contribution in [0.1, 0.15) is 18.1 Å². The molecule has 0 fully saturated rings. The molecule has 8 nitrogen and oxygen atoms in total. The van der Waals surface area contributed by atoms with Gasteiger partial charge in [-0.25, -0.2) is 0 Å². The Hall–Kier alpha value is -3.55. The normalized spacial score (nSPS) is 13.4. The fourth-order valence-corrected chi connectivity index (χ4v) is 4.88. The number of benzene rings is 4. The molecule has 35 heavy (non-hydrogen) atoms. The molecule has 1 amide bonds. The first-order chi connectivity index (χ1) is 16.7. The molecule has 0 saturated heterocycles. The van der Waals surface area contributed by atoms with Crippen LogP contribution in [0.2, 0.25) is 0 Å². The van der Waals surface area contributed by atoms with Gasteiger partial charge in [-0.05, 0) is 34.7 Å². The second-order valence-electron chi connectivity index (χ2n) is 8.14. The summed E-state index contributed by atoms with van der Waals surface area (Å²) in [5, 5.41) is 14.8. The average Bonchev–Trinajstić information content (AvgIpc) is 2.82. The highest BCUT2D eigenvalue weighted by atomic mass is 31.2. The van der Waals surface area contributed by atoms with E-state index in [0.717, 1.165) is 10.8 Å². The number of rotatable bonds is 8. The van der Waals surface area contributed by atoms with E-state index in [2.05, 4.69) is 5.32 Å². The van der Waals surface area contributed by atoms with E-state index in [9.17, 15) is 29.0 Å². The Labute approximate surface area is 201 Å². The van der Waals surface area contributed by atoms with Crippen LogP contribution < -0.4 is 10.1 Å². The van der Waals surface area contributed by atoms with Crippen LogP contribution in [0.3, 0.4) is 0 Å². The number of carbonyl (C=O) groups is 2. The molecule has 0 bridgehead atoms. The lowest BCUT2D eigenvalue weighted by atomic mass is 10.0. The maximum Gasteiger partial charge on any atom is 0.342 e. The van der Waals surface area contributed by atoms with Gasteiger partial charge in [-0.2, -0.15) is 0 Å². The lowest BCUT2D eigenvalue weighted by molar-refractivity contribution is -0.128.